The molecule has 6 nitrogen and oxygen atoms in total. The first kappa shape index (κ1) is 12.5. The zero-order chi connectivity index (χ0) is 12.3. The molecule has 0 aliphatic carbocycles. The average Bonchev–Trinajstić information content (AvgIpc) is 2.66. The SMILES string of the molecule is NCc1cc(CN2CCCS(=O)(=O)CC2)on1. The Morgan fingerprint density at radius 1 is 1.41 bits per heavy atom. The van der Waals surface area contributed by atoms with Crippen molar-refractivity contribution in [2.24, 2.45) is 5.73 Å². The minimum Gasteiger partial charge on any atom is -0.360 e. The van der Waals surface area contributed by atoms with E-state index in [2.05, 4.69) is 10.1 Å². The molecule has 1 fully saturated rings. The predicted molar refractivity (Wildman–Crippen MR) is 62.9 cm³/mol. The molecule has 0 aromatic carbocycles. The van der Waals surface area contributed by atoms with Crippen molar-refractivity contribution in [3.05, 3.63) is 17.5 Å². The van der Waals surface area contributed by atoms with Crippen LogP contribution in [-0.4, -0.2) is 43.1 Å². The maximum Gasteiger partial charge on any atom is 0.151 e. The van der Waals surface area contributed by atoms with Crippen molar-refractivity contribution in [2.45, 2.75) is 19.5 Å². The van der Waals surface area contributed by atoms with Crippen LogP contribution >= 0.6 is 0 Å². The Balaban J connectivity index is 1.95. The van der Waals surface area contributed by atoms with E-state index in [0.29, 0.717) is 26.1 Å². The van der Waals surface area contributed by atoms with E-state index in [9.17, 15) is 8.42 Å². The van der Waals surface area contributed by atoms with Crippen LogP contribution in [0.25, 0.3) is 0 Å². The van der Waals surface area contributed by atoms with Gasteiger partial charge < -0.3 is 10.3 Å². The van der Waals surface area contributed by atoms with Crippen LogP contribution in [-0.2, 0) is 22.9 Å². The van der Waals surface area contributed by atoms with Gasteiger partial charge in [0.05, 0.1) is 23.7 Å². The van der Waals surface area contributed by atoms with Crippen LogP contribution in [0.3, 0.4) is 0 Å². The third-order valence-corrected chi connectivity index (χ3v) is 4.56. The molecule has 0 spiro atoms. The van der Waals surface area contributed by atoms with Crippen molar-refractivity contribution in [2.75, 3.05) is 24.6 Å². The Bertz CT molecular complexity index is 469. The van der Waals surface area contributed by atoms with Crippen LogP contribution in [0.2, 0.25) is 0 Å². The Morgan fingerprint density at radius 3 is 2.94 bits per heavy atom. The van der Waals surface area contributed by atoms with E-state index < -0.39 is 9.84 Å². The van der Waals surface area contributed by atoms with Crippen molar-refractivity contribution < 1.29 is 12.9 Å². The summed E-state index contributed by atoms with van der Waals surface area (Å²) < 4.78 is 28.0. The molecule has 0 amide bonds. The zero-order valence-electron chi connectivity index (χ0n) is 9.63. The first-order valence-electron chi connectivity index (χ1n) is 5.66. The fourth-order valence-corrected chi connectivity index (χ4v) is 3.20. The van der Waals surface area contributed by atoms with Crippen LogP contribution in [0.4, 0.5) is 0 Å². The third-order valence-electron chi connectivity index (χ3n) is 2.84. The summed E-state index contributed by atoms with van der Waals surface area (Å²) in [6.07, 6.45) is 0.681. The standard InChI is InChI=1S/C10H17N3O3S/c11-7-9-6-10(16-12-9)8-13-2-1-4-17(14,15)5-3-13/h6H,1-5,7-8,11H2. The Labute approximate surface area is 101 Å². The summed E-state index contributed by atoms with van der Waals surface area (Å²) in [5.74, 6) is 1.25. The van der Waals surface area contributed by atoms with Gasteiger partial charge >= 0.3 is 0 Å². The monoisotopic (exact) mass is 259 g/mol. The molecule has 96 valence electrons. The molecular formula is C10H17N3O3S. The van der Waals surface area contributed by atoms with Gasteiger partial charge in [0.2, 0.25) is 0 Å². The maximum absolute atomic E-state index is 11.4. The number of sulfone groups is 1. The average molecular weight is 259 g/mol. The number of hydrogen-bond donors (Lipinski definition) is 1. The zero-order valence-corrected chi connectivity index (χ0v) is 10.4. The third kappa shape index (κ3) is 3.52. The smallest absolute Gasteiger partial charge is 0.151 e. The van der Waals surface area contributed by atoms with Crippen LogP contribution < -0.4 is 5.73 Å². The highest BCUT2D eigenvalue weighted by molar-refractivity contribution is 7.91. The summed E-state index contributed by atoms with van der Waals surface area (Å²) in [4.78, 5) is 2.07. The maximum atomic E-state index is 11.4. The molecule has 1 saturated heterocycles. The summed E-state index contributed by atoms with van der Waals surface area (Å²) >= 11 is 0. The number of nitrogens with zero attached hydrogens (tertiary/aromatic N) is 2. The molecule has 0 saturated carbocycles. The van der Waals surface area contributed by atoms with Crippen LogP contribution in [0, 0.1) is 0 Å². The lowest BCUT2D eigenvalue weighted by Gasteiger charge is -2.16. The van der Waals surface area contributed by atoms with E-state index in [1.807, 2.05) is 6.07 Å². The van der Waals surface area contributed by atoms with Gasteiger partial charge in [-0.25, -0.2) is 8.42 Å². The van der Waals surface area contributed by atoms with Crippen molar-refractivity contribution in [1.82, 2.24) is 10.1 Å². The van der Waals surface area contributed by atoms with E-state index in [1.54, 1.807) is 0 Å². The highest BCUT2D eigenvalue weighted by Crippen LogP contribution is 2.11. The molecule has 1 aromatic heterocycles. The molecule has 0 radical (unpaired) electrons. The Morgan fingerprint density at radius 2 is 2.24 bits per heavy atom. The van der Waals surface area contributed by atoms with Crippen molar-refractivity contribution in [1.29, 1.82) is 0 Å². The van der Waals surface area contributed by atoms with Gasteiger partial charge in [0.25, 0.3) is 0 Å². The van der Waals surface area contributed by atoms with Crippen LogP contribution in [0.15, 0.2) is 10.6 Å². The summed E-state index contributed by atoms with van der Waals surface area (Å²) in [6.45, 7) is 2.29. The number of aromatic nitrogens is 1. The molecule has 1 aromatic rings. The number of rotatable bonds is 3. The van der Waals surface area contributed by atoms with Gasteiger partial charge in [-0.2, -0.15) is 0 Å². The van der Waals surface area contributed by atoms with E-state index in [4.69, 9.17) is 10.3 Å². The van der Waals surface area contributed by atoms with Gasteiger partial charge in [-0.3, -0.25) is 4.90 Å². The minimum absolute atomic E-state index is 0.227. The van der Waals surface area contributed by atoms with Crippen LogP contribution in [0.1, 0.15) is 17.9 Å². The number of hydrogen-bond acceptors (Lipinski definition) is 6. The van der Waals surface area contributed by atoms with Crippen molar-refractivity contribution in [3.8, 4) is 0 Å². The van der Waals surface area contributed by atoms with E-state index >= 15 is 0 Å². The fraction of sp³-hybridized carbons (Fsp3) is 0.700. The molecular weight excluding hydrogens is 242 g/mol. The molecule has 1 aliphatic rings. The van der Waals surface area contributed by atoms with E-state index in [-0.39, 0.29) is 11.5 Å². The van der Waals surface area contributed by atoms with Gasteiger partial charge in [0.1, 0.15) is 0 Å². The molecule has 2 heterocycles. The van der Waals surface area contributed by atoms with Gasteiger partial charge in [0.15, 0.2) is 15.6 Å². The topological polar surface area (TPSA) is 89.4 Å². The summed E-state index contributed by atoms with van der Waals surface area (Å²) in [6, 6.07) is 1.82. The first-order valence-corrected chi connectivity index (χ1v) is 7.48. The second-order valence-corrected chi connectivity index (χ2v) is 6.57. The minimum atomic E-state index is -2.85. The Hall–Kier alpha value is -0.920. The molecule has 2 N–H and O–H groups in total. The summed E-state index contributed by atoms with van der Waals surface area (Å²) in [5, 5.41) is 3.81. The summed E-state index contributed by atoms with van der Waals surface area (Å²) in [5.41, 5.74) is 6.17. The molecule has 1 aliphatic heterocycles. The van der Waals surface area contributed by atoms with Gasteiger partial charge in [0, 0.05) is 19.2 Å². The largest absolute Gasteiger partial charge is 0.360 e. The van der Waals surface area contributed by atoms with Crippen molar-refractivity contribution in [3.63, 3.8) is 0 Å². The quantitative estimate of drug-likeness (QED) is 0.805. The molecule has 17 heavy (non-hydrogen) atoms. The lowest BCUT2D eigenvalue weighted by atomic mass is 10.3. The fourth-order valence-electron chi connectivity index (χ4n) is 1.90. The lowest BCUT2D eigenvalue weighted by Crippen LogP contribution is -2.26. The van der Waals surface area contributed by atoms with E-state index in [1.165, 1.54) is 0 Å². The van der Waals surface area contributed by atoms with Gasteiger partial charge in [-0.1, -0.05) is 5.16 Å². The van der Waals surface area contributed by atoms with Gasteiger partial charge in [-0.05, 0) is 13.0 Å². The highest BCUT2D eigenvalue weighted by Gasteiger charge is 2.20. The van der Waals surface area contributed by atoms with Gasteiger partial charge in [-0.15, -0.1) is 0 Å². The van der Waals surface area contributed by atoms with Crippen LogP contribution in [0.5, 0.6) is 0 Å². The normalized spacial score (nSPS) is 21.2. The second kappa shape index (κ2) is 5.16. The molecule has 0 unspecified atom stereocenters. The summed E-state index contributed by atoms with van der Waals surface area (Å²) in [7, 11) is -2.85. The molecule has 7 heteroatoms. The van der Waals surface area contributed by atoms with Crippen molar-refractivity contribution >= 4 is 9.84 Å². The molecule has 2 rings (SSSR count). The highest BCUT2D eigenvalue weighted by atomic mass is 32.2. The second-order valence-electron chi connectivity index (χ2n) is 4.27. The first-order chi connectivity index (χ1) is 8.09. The molecule has 0 atom stereocenters. The molecule has 0 bridgehead atoms. The van der Waals surface area contributed by atoms with E-state index in [0.717, 1.165) is 18.0 Å². The predicted octanol–water partition coefficient (Wildman–Crippen LogP) is -0.246. The lowest BCUT2D eigenvalue weighted by molar-refractivity contribution is 0.245. The number of nitrogens with two attached hydrogens (primary N) is 1. The Kier molecular flexibility index (Phi) is 3.80.